The average molecular weight is 349 g/mol. The van der Waals surface area contributed by atoms with E-state index in [4.69, 9.17) is 5.11 Å². The first kappa shape index (κ1) is 18.3. The number of aliphatic hydroxyl groups excluding tert-OH is 1. The van der Waals surface area contributed by atoms with Gasteiger partial charge < -0.3 is 10.4 Å². The molecule has 1 atom stereocenters. The van der Waals surface area contributed by atoms with Crippen molar-refractivity contribution < 1.29 is 18.5 Å². The van der Waals surface area contributed by atoms with Gasteiger partial charge in [-0.3, -0.25) is 9.00 Å². The third kappa shape index (κ3) is 5.54. The van der Waals surface area contributed by atoms with Gasteiger partial charge in [-0.2, -0.15) is 0 Å². The van der Waals surface area contributed by atoms with E-state index in [1.54, 1.807) is 43.3 Å². The molecular weight excluding hydrogens is 329 g/mol. The summed E-state index contributed by atoms with van der Waals surface area (Å²) >= 11 is 0. The Bertz CT molecular complexity index is 732. The van der Waals surface area contributed by atoms with Crippen LogP contribution in [-0.2, 0) is 34.5 Å². The van der Waals surface area contributed by atoms with Gasteiger partial charge in [-0.15, -0.1) is 0 Å². The van der Waals surface area contributed by atoms with E-state index >= 15 is 0 Å². The number of amides is 1. The lowest BCUT2D eigenvalue weighted by Crippen LogP contribution is -2.28. The van der Waals surface area contributed by atoms with E-state index in [-0.39, 0.29) is 36.4 Å². The largest absolute Gasteiger partial charge is 0.392 e. The number of carbonyl (C=O) groups excluding carboxylic acids is 1. The molecule has 24 heavy (non-hydrogen) atoms. The monoisotopic (exact) mass is 349 g/mol. The fraction of sp³-hybridized carbons (Fsp3) is 0.278. The Kier molecular flexibility index (Phi) is 6.63. The van der Waals surface area contributed by atoms with E-state index in [2.05, 4.69) is 5.32 Å². The van der Waals surface area contributed by atoms with Gasteiger partial charge in [-0.25, -0.2) is 4.39 Å². The van der Waals surface area contributed by atoms with Crippen LogP contribution < -0.4 is 5.32 Å². The van der Waals surface area contributed by atoms with E-state index in [0.717, 1.165) is 11.1 Å². The second-order valence-electron chi connectivity index (χ2n) is 5.56. The van der Waals surface area contributed by atoms with Crippen LogP contribution in [0.25, 0.3) is 0 Å². The van der Waals surface area contributed by atoms with Crippen LogP contribution in [0.3, 0.4) is 0 Å². The maximum Gasteiger partial charge on any atom is 0.232 e. The van der Waals surface area contributed by atoms with Gasteiger partial charge in [-0.05, 0) is 35.2 Å². The smallest absolute Gasteiger partial charge is 0.232 e. The second kappa shape index (κ2) is 8.70. The summed E-state index contributed by atoms with van der Waals surface area (Å²) in [6.45, 7) is 1.84. The van der Waals surface area contributed by atoms with Gasteiger partial charge in [0, 0.05) is 23.1 Å². The van der Waals surface area contributed by atoms with E-state index in [0.29, 0.717) is 11.1 Å². The molecule has 2 aromatic carbocycles. The molecule has 0 aromatic heterocycles. The zero-order valence-electron chi connectivity index (χ0n) is 13.4. The van der Waals surface area contributed by atoms with Gasteiger partial charge in [0.2, 0.25) is 5.91 Å². The Morgan fingerprint density at radius 2 is 1.75 bits per heavy atom. The summed E-state index contributed by atoms with van der Waals surface area (Å²) < 4.78 is 25.5. The summed E-state index contributed by atoms with van der Waals surface area (Å²) in [5, 5.41) is 11.6. The molecule has 6 heteroatoms. The molecule has 1 unspecified atom stereocenters. The van der Waals surface area contributed by atoms with Gasteiger partial charge in [0.25, 0.3) is 0 Å². The molecule has 0 bridgehead atoms. The van der Waals surface area contributed by atoms with Crippen LogP contribution in [-0.4, -0.2) is 21.0 Å². The lowest BCUT2D eigenvalue weighted by atomic mass is 10.1. The molecule has 2 N–H and O–H groups in total. The summed E-state index contributed by atoms with van der Waals surface area (Å²) in [6, 6.07) is 11.9. The fourth-order valence-electron chi connectivity index (χ4n) is 2.12. The zero-order chi connectivity index (χ0) is 17.5. The number of hydrogen-bond donors (Lipinski definition) is 2. The Morgan fingerprint density at radius 1 is 1.12 bits per heavy atom. The molecule has 128 valence electrons. The average Bonchev–Trinajstić information content (AvgIpc) is 2.56. The standard InChI is InChI=1S/C18H20FNO3S/c1-13-2-3-16(8-17(13)19)9-20-18(22)12-24(23)11-15-6-4-14(10-21)5-7-15/h2-8,21H,9-12H2,1H3,(H,20,22). The summed E-state index contributed by atoms with van der Waals surface area (Å²) in [5.74, 6) is -0.466. The molecule has 0 aliphatic heterocycles. The van der Waals surface area contributed by atoms with Crippen LogP contribution in [0.5, 0.6) is 0 Å². The van der Waals surface area contributed by atoms with E-state index in [9.17, 15) is 13.4 Å². The first-order valence-corrected chi connectivity index (χ1v) is 9.02. The van der Waals surface area contributed by atoms with Gasteiger partial charge in [0.05, 0.1) is 6.61 Å². The Balaban J connectivity index is 1.80. The number of carbonyl (C=O) groups is 1. The molecule has 0 saturated heterocycles. The van der Waals surface area contributed by atoms with Crippen LogP contribution in [0.2, 0.25) is 0 Å². The van der Waals surface area contributed by atoms with Gasteiger partial charge >= 0.3 is 0 Å². The second-order valence-corrected chi connectivity index (χ2v) is 7.02. The van der Waals surface area contributed by atoms with Crippen molar-refractivity contribution in [1.29, 1.82) is 0 Å². The molecule has 2 aromatic rings. The van der Waals surface area contributed by atoms with Crippen molar-refractivity contribution in [2.45, 2.75) is 25.8 Å². The number of aryl methyl sites for hydroxylation is 1. The molecule has 0 saturated carbocycles. The third-order valence-electron chi connectivity index (χ3n) is 3.55. The Hall–Kier alpha value is -2.05. The quantitative estimate of drug-likeness (QED) is 0.805. The third-order valence-corrected chi connectivity index (χ3v) is 4.79. The molecule has 0 radical (unpaired) electrons. The van der Waals surface area contributed by atoms with Crippen molar-refractivity contribution in [2.24, 2.45) is 0 Å². The topological polar surface area (TPSA) is 66.4 Å². The number of aliphatic hydroxyl groups is 1. The molecule has 0 aliphatic rings. The Morgan fingerprint density at radius 3 is 2.38 bits per heavy atom. The molecular formula is C18H20FNO3S. The molecule has 2 rings (SSSR count). The molecule has 4 nitrogen and oxygen atoms in total. The first-order valence-electron chi connectivity index (χ1n) is 7.53. The van der Waals surface area contributed by atoms with Gasteiger partial charge in [0.15, 0.2) is 0 Å². The lowest BCUT2D eigenvalue weighted by molar-refractivity contribution is -0.118. The molecule has 0 spiro atoms. The maximum atomic E-state index is 13.4. The Labute approximate surface area is 143 Å². The number of benzene rings is 2. The first-order chi connectivity index (χ1) is 11.5. The van der Waals surface area contributed by atoms with Gasteiger partial charge in [0.1, 0.15) is 11.6 Å². The van der Waals surface area contributed by atoms with E-state index in [1.165, 1.54) is 6.07 Å². The number of nitrogens with one attached hydrogen (secondary N) is 1. The summed E-state index contributed by atoms with van der Waals surface area (Å²) in [4.78, 5) is 11.8. The van der Waals surface area contributed by atoms with Crippen LogP contribution in [0.4, 0.5) is 4.39 Å². The van der Waals surface area contributed by atoms with Crippen molar-refractivity contribution in [3.8, 4) is 0 Å². The highest BCUT2D eigenvalue weighted by Crippen LogP contribution is 2.09. The van der Waals surface area contributed by atoms with E-state index in [1.807, 2.05) is 0 Å². The van der Waals surface area contributed by atoms with Crippen molar-refractivity contribution >= 4 is 16.7 Å². The van der Waals surface area contributed by atoms with Crippen LogP contribution in [0.15, 0.2) is 42.5 Å². The van der Waals surface area contributed by atoms with E-state index < -0.39 is 10.8 Å². The van der Waals surface area contributed by atoms with Gasteiger partial charge in [-0.1, -0.05) is 36.4 Å². The van der Waals surface area contributed by atoms with Crippen molar-refractivity contribution in [3.05, 3.63) is 70.5 Å². The van der Waals surface area contributed by atoms with Crippen molar-refractivity contribution in [3.63, 3.8) is 0 Å². The highest BCUT2D eigenvalue weighted by Gasteiger charge is 2.09. The predicted octanol–water partition coefficient (Wildman–Crippen LogP) is 2.19. The highest BCUT2D eigenvalue weighted by atomic mass is 32.2. The SMILES string of the molecule is Cc1ccc(CNC(=O)CS(=O)Cc2ccc(CO)cc2)cc1F. The summed E-state index contributed by atoms with van der Waals surface area (Å²) in [5.41, 5.74) is 2.85. The predicted molar refractivity (Wildman–Crippen MR) is 92.1 cm³/mol. The molecule has 1 amide bonds. The summed E-state index contributed by atoms with van der Waals surface area (Å²) in [6.07, 6.45) is 0. The van der Waals surface area contributed by atoms with Crippen molar-refractivity contribution in [1.82, 2.24) is 5.32 Å². The molecule has 0 aliphatic carbocycles. The number of halogens is 1. The molecule has 0 heterocycles. The lowest BCUT2D eigenvalue weighted by Gasteiger charge is -2.07. The maximum absolute atomic E-state index is 13.4. The number of hydrogen-bond acceptors (Lipinski definition) is 3. The minimum absolute atomic E-state index is 0.0363. The molecule has 0 fully saturated rings. The van der Waals surface area contributed by atoms with Crippen molar-refractivity contribution in [2.75, 3.05) is 5.75 Å². The zero-order valence-corrected chi connectivity index (χ0v) is 14.2. The van der Waals surface area contributed by atoms with Crippen LogP contribution in [0, 0.1) is 12.7 Å². The normalized spacial score (nSPS) is 12.0. The number of rotatable bonds is 7. The summed E-state index contributed by atoms with van der Waals surface area (Å²) in [7, 11) is -1.32. The highest BCUT2D eigenvalue weighted by molar-refractivity contribution is 7.84. The minimum Gasteiger partial charge on any atom is -0.392 e. The van der Waals surface area contributed by atoms with Crippen LogP contribution >= 0.6 is 0 Å². The van der Waals surface area contributed by atoms with Crippen LogP contribution in [0.1, 0.15) is 22.3 Å². The minimum atomic E-state index is -1.32. The fourth-order valence-corrected chi connectivity index (χ4v) is 3.18.